The van der Waals surface area contributed by atoms with E-state index in [2.05, 4.69) is 0 Å². The molecular weight excluding hydrogens is 288 g/mol. The molecule has 0 heterocycles. The first kappa shape index (κ1) is 15.3. The number of hydrogen-bond acceptors (Lipinski definition) is 4. The number of carbonyl (C=O) groups excluding carboxylic acids is 1. The Labute approximate surface area is 124 Å². The second-order valence-electron chi connectivity index (χ2n) is 4.85. The van der Waals surface area contributed by atoms with E-state index in [1.165, 1.54) is 6.07 Å². The molecule has 0 fully saturated rings. The summed E-state index contributed by atoms with van der Waals surface area (Å²) in [7, 11) is -3.37. The van der Waals surface area contributed by atoms with Gasteiger partial charge in [0.05, 0.1) is 11.3 Å². The number of rotatable bonds is 4. The second kappa shape index (κ2) is 6.10. The molecule has 0 aromatic heterocycles. The lowest BCUT2D eigenvalue weighted by molar-refractivity contribution is -0.133. The molecule has 0 aliphatic heterocycles. The highest BCUT2D eigenvalue weighted by Crippen LogP contribution is 2.18. The third-order valence-electron chi connectivity index (χ3n) is 2.93. The summed E-state index contributed by atoms with van der Waals surface area (Å²) in [4.78, 5) is 12.1. The summed E-state index contributed by atoms with van der Waals surface area (Å²) >= 11 is 0. The number of esters is 1. The van der Waals surface area contributed by atoms with E-state index in [1.807, 2.05) is 13.0 Å². The third-order valence-corrected chi connectivity index (χ3v) is 4.13. The van der Waals surface area contributed by atoms with E-state index in [1.54, 1.807) is 36.4 Å². The van der Waals surface area contributed by atoms with E-state index in [9.17, 15) is 13.2 Å². The van der Waals surface area contributed by atoms with E-state index in [0.29, 0.717) is 11.3 Å². The molecule has 0 unspecified atom stereocenters. The highest BCUT2D eigenvalue weighted by Gasteiger charge is 2.16. The van der Waals surface area contributed by atoms with Gasteiger partial charge < -0.3 is 4.74 Å². The van der Waals surface area contributed by atoms with Crippen molar-refractivity contribution in [2.24, 2.45) is 0 Å². The van der Waals surface area contributed by atoms with Crippen LogP contribution in [0, 0.1) is 6.92 Å². The zero-order valence-corrected chi connectivity index (χ0v) is 12.7. The minimum atomic E-state index is -3.37. The summed E-state index contributed by atoms with van der Waals surface area (Å²) < 4.78 is 28.6. The Morgan fingerprint density at radius 2 is 1.81 bits per heavy atom. The van der Waals surface area contributed by atoms with Crippen molar-refractivity contribution in [1.82, 2.24) is 0 Å². The predicted octanol–water partition coefficient (Wildman–Crippen LogP) is 2.55. The van der Waals surface area contributed by atoms with Crippen molar-refractivity contribution in [2.45, 2.75) is 18.2 Å². The number of sulfone groups is 1. The maximum absolute atomic E-state index is 12.0. The maximum Gasteiger partial charge on any atom is 0.315 e. The van der Waals surface area contributed by atoms with Gasteiger partial charge in [-0.1, -0.05) is 30.3 Å². The third kappa shape index (κ3) is 4.16. The quantitative estimate of drug-likeness (QED) is 0.643. The topological polar surface area (TPSA) is 60.4 Å². The largest absolute Gasteiger partial charge is 0.426 e. The Balaban J connectivity index is 2.17. The van der Waals surface area contributed by atoms with Crippen LogP contribution in [0.25, 0.3) is 0 Å². The fourth-order valence-corrected chi connectivity index (χ4v) is 2.96. The average Bonchev–Trinajstić information content (AvgIpc) is 2.37. The summed E-state index contributed by atoms with van der Waals surface area (Å²) in [5, 5.41) is 0. The monoisotopic (exact) mass is 304 g/mol. The van der Waals surface area contributed by atoms with Crippen LogP contribution in [0.2, 0.25) is 0 Å². The van der Waals surface area contributed by atoms with Crippen molar-refractivity contribution in [2.75, 3.05) is 6.26 Å². The summed E-state index contributed by atoms with van der Waals surface area (Å²) in [6, 6.07) is 13.6. The number of hydrogen-bond donors (Lipinski definition) is 0. The average molecular weight is 304 g/mol. The number of ether oxygens (including phenoxy) is 1. The van der Waals surface area contributed by atoms with E-state index < -0.39 is 15.8 Å². The van der Waals surface area contributed by atoms with Gasteiger partial charge in [-0.05, 0) is 36.2 Å². The van der Waals surface area contributed by atoms with Gasteiger partial charge in [-0.25, -0.2) is 8.42 Å². The van der Waals surface area contributed by atoms with Crippen LogP contribution in [0.15, 0.2) is 53.4 Å². The zero-order chi connectivity index (χ0) is 15.5. The molecule has 0 aliphatic rings. The molecule has 0 radical (unpaired) electrons. The summed E-state index contributed by atoms with van der Waals surface area (Å²) in [5.74, 6) is -0.0338. The SMILES string of the molecule is Cc1cccc(OC(=O)Cc2ccccc2S(C)(=O)=O)c1. The standard InChI is InChI=1S/C16H16O4S/c1-12-6-5-8-14(10-12)20-16(17)11-13-7-3-4-9-15(13)21(2,18)19/h3-10H,11H2,1-2H3. The maximum atomic E-state index is 12.0. The van der Waals surface area contributed by atoms with Gasteiger partial charge in [0.2, 0.25) is 0 Å². The molecule has 0 atom stereocenters. The summed E-state index contributed by atoms with van der Waals surface area (Å²) in [6.07, 6.45) is 1.04. The predicted molar refractivity (Wildman–Crippen MR) is 80.1 cm³/mol. The van der Waals surface area contributed by atoms with Gasteiger partial charge in [0.1, 0.15) is 5.75 Å². The minimum Gasteiger partial charge on any atom is -0.426 e. The molecule has 0 saturated heterocycles. The molecule has 110 valence electrons. The van der Waals surface area contributed by atoms with Crippen molar-refractivity contribution in [1.29, 1.82) is 0 Å². The highest BCUT2D eigenvalue weighted by molar-refractivity contribution is 7.90. The minimum absolute atomic E-state index is 0.0861. The van der Waals surface area contributed by atoms with E-state index in [0.717, 1.165) is 11.8 Å². The first-order valence-electron chi connectivity index (χ1n) is 6.41. The van der Waals surface area contributed by atoms with Gasteiger partial charge >= 0.3 is 5.97 Å². The Kier molecular flexibility index (Phi) is 4.43. The van der Waals surface area contributed by atoms with E-state index in [4.69, 9.17) is 4.74 Å². The van der Waals surface area contributed by atoms with Gasteiger partial charge in [0, 0.05) is 6.26 Å². The number of aryl methyl sites for hydroxylation is 1. The Bertz CT molecular complexity index is 763. The van der Waals surface area contributed by atoms with Crippen LogP contribution in [-0.2, 0) is 21.1 Å². The first-order valence-corrected chi connectivity index (χ1v) is 8.31. The van der Waals surface area contributed by atoms with Crippen LogP contribution >= 0.6 is 0 Å². The van der Waals surface area contributed by atoms with Crippen LogP contribution < -0.4 is 4.74 Å². The zero-order valence-electron chi connectivity index (χ0n) is 11.9. The first-order chi connectivity index (χ1) is 9.86. The lowest BCUT2D eigenvalue weighted by atomic mass is 10.1. The molecule has 21 heavy (non-hydrogen) atoms. The highest BCUT2D eigenvalue weighted by atomic mass is 32.2. The number of benzene rings is 2. The van der Waals surface area contributed by atoms with Crippen molar-refractivity contribution in [3.63, 3.8) is 0 Å². The molecule has 4 nitrogen and oxygen atoms in total. The summed E-state index contributed by atoms with van der Waals surface area (Å²) in [6.45, 7) is 1.90. The van der Waals surface area contributed by atoms with Gasteiger partial charge in [0.25, 0.3) is 0 Å². The Hall–Kier alpha value is -2.14. The Morgan fingerprint density at radius 1 is 1.10 bits per heavy atom. The molecule has 0 amide bonds. The van der Waals surface area contributed by atoms with Crippen LogP contribution in [0.4, 0.5) is 0 Å². The van der Waals surface area contributed by atoms with Crippen LogP contribution in [-0.4, -0.2) is 20.6 Å². The molecular formula is C16H16O4S. The molecule has 0 bridgehead atoms. The van der Waals surface area contributed by atoms with Gasteiger partial charge in [-0.2, -0.15) is 0 Å². The summed E-state index contributed by atoms with van der Waals surface area (Å²) in [5.41, 5.74) is 1.43. The lowest BCUT2D eigenvalue weighted by Crippen LogP contribution is -2.13. The van der Waals surface area contributed by atoms with Crippen LogP contribution in [0.5, 0.6) is 5.75 Å². The van der Waals surface area contributed by atoms with Crippen molar-refractivity contribution < 1.29 is 17.9 Å². The van der Waals surface area contributed by atoms with Gasteiger partial charge in [0.15, 0.2) is 9.84 Å². The molecule has 2 aromatic rings. The van der Waals surface area contributed by atoms with Crippen molar-refractivity contribution in [3.8, 4) is 5.75 Å². The van der Waals surface area contributed by atoms with Crippen molar-refractivity contribution in [3.05, 3.63) is 59.7 Å². The second-order valence-corrected chi connectivity index (χ2v) is 6.83. The normalized spacial score (nSPS) is 11.1. The van der Waals surface area contributed by atoms with E-state index in [-0.39, 0.29) is 11.3 Å². The van der Waals surface area contributed by atoms with Gasteiger partial charge in [-0.3, -0.25) is 4.79 Å². The molecule has 2 aromatic carbocycles. The number of carbonyl (C=O) groups is 1. The van der Waals surface area contributed by atoms with Gasteiger partial charge in [-0.15, -0.1) is 0 Å². The fraction of sp³-hybridized carbons (Fsp3) is 0.188. The van der Waals surface area contributed by atoms with E-state index >= 15 is 0 Å². The smallest absolute Gasteiger partial charge is 0.315 e. The molecule has 0 saturated carbocycles. The molecule has 2 rings (SSSR count). The van der Waals surface area contributed by atoms with Crippen molar-refractivity contribution >= 4 is 15.8 Å². The van der Waals surface area contributed by atoms with Crippen LogP contribution in [0.1, 0.15) is 11.1 Å². The fourth-order valence-electron chi connectivity index (χ4n) is 2.01. The molecule has 0 aliphatic carbocycles. The molecule has 0 spiro atoms. The molecule has 0 N–H and O–H groups in total. The van der Waals surface area contributed by atoms with Crippen LogP contribution in [0.3, 0.4) is 0 Å². The molecule has 5 heteroatoms. The Morgan fingerprint density at radius 3 is 2.48 bits per heavy atom. The lowest BCUT2D eigenvalue weighted by Gasteiger charge is -2.08.